The minimum absolute atomic E-state index is 0.280. The van der Waals surface area contributed by atoms with Crippen LogP contribution in [0.15, 0.2) is 12.1 Å². The molecule has 0 aliphatic carbocycles. The van der Waals surface area contributed by atoms with Crippen LogP contribution in [-0.4, -0.2) is 25.3 Å². The minimum atomic E-state index is -1.67. The summed E-state index contributed by atoms with van der Waals surface area (Å²) in [4.78, 5) is 11.3. The molecule has 0 saturated heterocycles. The van der Waals surface area contributed by atoms with E-state index in [0.29, 0.717) is 11.5 Å². The summed E-state index contributed by atoms with van der Waals surface area (Å²) in [5.41, 5.74) is -0.585. The molecule has 0 heterocycles. The number of rotatable bonds is 4. The first-order valence-corrected chi connectivity index (χ1v) is 5.28. The normalized spacial score (nSPS) is 13.3. The average Bonchev–Trinajstić information content (AvgIpc) is 2.36. The molecule has 0 radical (unpaired) electrons. The van der Waals surface area contributed by atoms with Crippen LogP contribution in [0.2, 0.25) is 0 Å². The molecule has 5 nitrogen and oxygen atoms in total. The maximum Gasteiger partial charge on any atom is 0.328 e. The summed E-state index contributed by atoms with van der Waals surface area (Å²) < 4.78 is 10.3. The van der Waals surface area contributed by atoms with Crippen LogP contribution < -0.4 is 9.47 Å². The molecule has 0 aromatic heterocycles. The second-order valence-electron chi connectivity index (χ2n) is 4.06. The van der Waals surface area contributed by atoms with Crippen molar-refractivity contribution >= 4 is 5.97 Å². The molecule has 1 aromatic carbocycles. The van der Waals surface area contributed by atoms with E-state index in [4.69, 9.17) is 14.7 Å². The van der Waals surface area contributed by atoms with Gasteiger partial charge in [0.1, 0.15) is 11.5 Å². The number of carbonyl (C=O) groups is 1. The van der Waals surface area contributed by atoms with Gasteiger partial charge in [0.2, 0.25) is 0 Å². The summed E-state index contributed by atoms with van der Waals surface area (Å²) in [5, 5.41) is 18.4. The number of carboxylic acid groups (broad SMARTS) is 1. The lowest BCUT2D eigenvalue weighted by Crippen LogP contribution is -2.31. The third-order valence-corrected chi connectivity index (χ3v) is 2.91. The number of benzene rings is 1. The molecule has 1 rings (SSSR count). The van der Waals surface area contributed by atoms with E-state index in [9.17, 15) is 9.90 Å². The molecular formula is C13H15NO4. The first-order valence-electron chi connectivity index (χ1n) is 5.28. The quantitative estimate of drug-likeness (QED) is 0.881. The van der Waals surface area contributed by atoms with Gasteiger partial charge in [0.05, 0.1) is 20.3 Å². The molecule has 96 valence electrons. The summed E-state index contributed by atoms with van der Waals surface area (Å²) in [7, 11) is 2.92. The van der Waals surface area contributed by atoms with E-state index in [1.165, 1.54) is 27.2 Å². The zero-order chi connectivity index (χ0) is 13.9. The first kappa shape index (κ1) is 13.8. The van der Waals surface area contributed by atoms with Crippen molar-refractivity contribution in [2.24, 2.45) is 0 Å². The van der Waals surface area contributed by atoms with Crippen LogP contribution in [0.5, 0.6) is 11.5 Å². The lowest BCUT2D eigenvalue weighted by molar-refractivity contribution is -0.141. The zero-order valence-electron chi connectivity index (χ0n) is 10.8. The fourth-order valence-corrected chi connectivity index (χ4v) is 1.66. The molecule has 18 heavy (non-hydrogen) atoms. The summed E-state index contributed by atoms with van der Waals surface area (Å²) in [6.45, 7) is 3.15. The number of nitrogens with zero attached hydrogens (tertiary/aromatic N) is 1. The predicted molar refractivity (Wildman–Crippen MR) is 64.9 cm³/mol. The Balaban J connectivity index is 3.57. The molecule has 0 fully saturated rings. The van der Waals surface area contributed by atoms with Crippen molar-refractivity contribution in [1.29, 1.82) is 5.26 Å². The lowest BCUT2D eigenvalue weighted by Gasteiger charge is -2.21. The largest absolute Gasteiger partial charge is 0.496 e. The van der Waals surface area contributed by atoms with Crippen molar-refractivity contribution in [3.05, 3.63) is 23.3 Å². The fraction of sp³-hybridized carbons (Fsp3) is 0.385. The number of aryl methyl sites for hydroxylation is 1. The highest BCUT2D eigenvalue weighted by atomic mass is 16.5. The van der Waals surface area contributed by atoms with Crippen molar-refractivity contribution in [2.75, 3.05) is 14.2 Å². The maximum atomic E-state index is 11.3. The summed E-state index contributed by atoms with van der Waals surface area (Å²) in [6.07, 6.45) is 0. The van der Waals surface area contributed by atoms with E-state index in [0.717, 1.165) is 5.56 Å². The van der Waals surface area contributed by atoms with Gasteiger partial charge in [-0.1, -0.05) is 0 Å². The summed E-state index contributed by atoms with van der Waals surface area (Å²) in [6, 6.07) is 5.00. The van der Waals surface area contributed by atoms with E-state index in [1.54, 1.807) is 12.1 Å². The second kappa shape index (κ2) is 4.96. The smallest absolute Gasteiger partial charge is 0.328 e. The van der Waals surface area contributed by atoms with Gasteiger partial charge in [-0.2, -0.15) is 5.26 Å². The predicted octanol–water partition coefficient (Wildman–Crippen LogP) is 1.88. The minimum Gasteiger partial charge on any atom is -0.496 e. The highest BCUT2D eigenvalue weighted by molar-refractivity contribution is 5.86. The van der Waals surface area contributed by atoms with Gasteiger partial charge in [-0.3, -0.25) is 4.79 Å². The third-order valence-electron chi connectivity index (χ3n) is 2.91. The van der Waals surface area contributed by atoms with Gasteiger partial charge in [0, 0.05) is 5.56 Å². The zero-order valence-corrected chi connectivity index (χ0v) is 10.8. The number of hydrogen-bond acceptors (Lipinski definition) is 4. The number of nitriles is 1. The van der Waals surface area contributed by atoms with Gasteiger partial charge in [-0.05, 0) is 31.5 Å². The van der Waals surface area contributed by atoms with E-state index in [-0.39, 0.29) is 5.56 Å². The van der Waals surface area contributed by atoms with Crippen molar-refractivity contribution < 1.29 is 19.4 Å². The van der Waals surface area contributed by atoms with Crippen LogP contribution in [-0.2, 0) is 10.2 Å². The Hall–Kier alpha value is -2.22. The topological polar surface area (TPSA) is 79.5 Å². The Morgan fingerprint density at radius 3 is 2.28 bits per heavy atom. The van der Waals surface area contributed by atoms with Gasteiger partial charge in [-0.25, -0.2) is 0 Å². The number of methoxy groups -OCH3 is 2. The lowest BCUT2D eigenvalue weighted by atomic mass is 9.83. The molecule has 1 unspecified atom stereocenters. The third kappa shape index (κ3) is 2.09. The average molecular weight is 249 g/mol. The standard InChI is InChI=1S/C13H15NO4/c1-8-5-11(18-4)9(6-10(8)17-3)13(2,7-14)12(15)16/h5-6H,1-4H3,(H,15,16). The van der Waals surface area contributed by atoms with Crippen molar-refractivity contribution in [2.45, 2.75) is 19.3 Å². The molecule has 0 aliphatic heterocycles. The van der Waals surface area contributed by atoms with E-state index < -0.39 is 11.4 Å². The molecule has 1 aromatic rings. The molecule has 0 saturated carbocycles. The van der Waals surface area contributed by atoms with E-state index in [1.807, 2.05) is 6.92 Å². The van der Waals surface area contributed by atoms with Crippen LogP contribution in [0.25, 0.3) is 0 Å². The summed E-state index contributed by atoms with van der Waals surface area (Å²) >= 11 is 0. The van der Waals surface area contributed by atoms with Gasteiger partial charge in [0.25, 0.3) is 0 Å². The van der Waals surface area contributed by atoms with E-state index in [2.05, 4.69) is 0 Å². The van der Waals surface area contributed by atoms with Crippen molar-refractivity contribution in [1.82, 2.24) is 0 Å². The molecule has 5 heteroatoms. The molecule has 1 atom stereocenters. The molecule has 0 spiro atoms. The fourth-order valence-electron chi connectivity index (χ4n) is 1.66. The Morgan fingerprint density at radius 2 is 1.89 bits per heavy atom. The Labute approximate surface area is 106 Å². The van der Waals surface area contributed by atoms with Gasteiger partial charge < -0.3 is 14.6 Å². The highest BCUT2D eigenvalue weighted by Gasteiger charge is 2.38. The molecule has 1 N–H and O–H groups in total. The number of aliphatic carboxylic acids is 1. The Kier molecular flexibility index (Phi) is 3.82. The SMILES string of the molecule is COc1cc(C(C)(C#N)C(=O)O)c(OC)cc1C. The van der Waals surface area contributed by atoms with Crippen molar-refractivity contribution in [3.8, 4) is 17.6 Å². The Bertz CT molecular complexity index is 518. The van der Waals surface area contributed by atoms with Crippen LogP contribution in [0, 0.1) is 18.3 Å². The molecule has 0 bridgehead atoms. The van der Waals surface area contributed by atoms with Crippen LogP contribution in [0.3, 0.4) is 0 Å². The second-order valence-corrected chi connectivity index (χ2v) is 4.06. The molecule has 0 aliphatic rings. The summed E-state index contributed by atoms with van der Waals surface area (Å²) in [5.74, 6) is -0.345. The van der Waals surface area contributed by atoms with E-state index >= 15 is 0 Å². The molecular weight excluding hydrogens is 234 g/mol. The highest BCUT2D eigenvalue weighted by Crippen LogP contribution is 2.36. The number of carboxylic acids is 1. The number of hydrogen-bond donors (Lipinski definition) is 1. The Morgan fingerprint density at radius 1 is 1.33 bits per heavy atom. The van der Waals surface area contributed by atoms with Gasteiger partial charge >= 0.3 is 5.97 Å². The first-order chi connectivity index (χ1) is 8.40. The van der Waals surface area contributed by atoms with Crippen LogP contribution in [0.4, 0.5) is 0 Å². The van der Waals surface area contributed by atoms with Gasteiger partial charge in [0.15, 0.2) is 5.41 Å². The maximum absolute atomic E-state index is 11.3. The van der Waals surface area contributed by atoms with Crippen molar-refractivity contribution in [3.63, 3.8) is 0 Å². The monoisotopic (exact) mass is 249 g/mol. The van der Waals surface area contributed by atoms with Gasteiger partial charge in [-0.15, -0.1) is 0 Å². The molecule has 0 amide bonds. The van der Waals surface area contributed by atoms with Crippen LogP contribution in [0.1, 0.15) is 18.1 Å². The number of ether oxygens (including phenoxy) is 2. The van der Waals surface area contributed by atoms with Crippen LogP contribution >= 0.6 is 0 Å².